The highest BCUT2D eigenvalue weighted by molar-refractivity contribution is 5.90. The lowest BCUT2D eigenvalue weighted by Crippen LogP contribution is -2.19. The van der Waals surface area contributed by atoms with Crippen LogP contribution >= 0.6 is 0 Å². The molecule has 3 heteroatoms. The van der Waals surface area contributed by atoms with Crippen molar-refractivity contribution in [2.75, 3.05) is 7.11 Å². The highest BCUT2D eigenvalue weighted by Gasteiger charge is 2.26. The van der Waals surface area contributed by atoms with Crippen LogP contribution in [0.15, 0.2) is 47.1 Å². The molecule has 0 fully saturated rings. The zero-order valence-corrected chi connectivity index (χ0v) is 17.4. The lowest BCUT2D eigenvalue weighted by molar-refractivity contribution is 0.0600. The molecule has 0 radical (unpaired) electrons. The Morgan fingerprint density at radius 1 is 1.33 bits per heavy atom. The van der Waals surface area contributed by atoms with Gasteiger partial charge in [-0.25, -0.2) is 9.18 Å². The molecule has 0 unspecified atom stereocenters. The first kappa shape index (κ1) is 21.1. The molecule has 1 aliphatic rings. The van der Waals surface area contributed by atoms with Gasteiger partial charge < -0.3 is 4.74 Å². The van der Waals surface area contributed by atoms with Crippen LogP contribution < -0.4 is 0 Å². The Morgan fingerprint density at radius 3 is 2.63 bits per heavy atom. The number of benzene rings is 1. The summed E-state index contributed by atoms with van der Waals surface area (Å²) in [5, 5.41) is 0. The van der Waals surface area contributed by atoms with Crippen molar-refractivity contribution in [2.45, 2.75) is 60.3 Å². The predicted octanol–water partition coefficient (Wildman–Crippen LogP) is 6.82. The summed E-state index contributed by atoms with van der Waals surface area (Å²) in [4.78, 5) is 11.7. The number of ether oxygens (including phenoxy) is 1. The van der Waals surface area contributed by atoms with E-state index in [1.165, 1.54) is 24.7 Å². The normalized spacial score (nSPS) is 17.9. The van der Waals surface area contributed by atoms with Gasteiger partial charge in [0.1, 0.15) is 5.83 Å². The standard InChI is InChI=1S/C24H31FO2/c1-7-18-15-19(23(26)27-6)11-12-20(18)22(25)17(3)10-13-21-16(2)9-8-14-24(21,4)5/h10-13,15H,7-9,14H2,1-6H3/b13-10+,22-17-. The van der Waals surface area contributed by atoms with Crippen LogP contribution in [-0.4, -0.2) is 13.1 Å². The van der Waals surface area contributed by atoms with E-state index in [2.05, 4.69) is 26.8 Å². The molecule has 0 N–H and O–H groups in total. The van der Waals surface area contributed by atoms with Gasteiger partial charge in [-0.15, -0.1) is 0 Å². The Kier molecular flexibility index (Phi) is 6.80. The molecule has 0 saturated heterocycles. The molecule has 0 spiro atoms. The van der Waals surface area contributed by atoms with Crippen molar-refractivity contribution in [3.05, 3.63) is 63.8 Å². The summed E-state index contributed by atoms with van der Waals surface area (Å²) < 4.78 is 19.9. The number of aryl methyl sites for hydroxylation is 1. The fourth-order valence-corrected chi connectivity index (χ4v) is 3.85. The second-order valence-corrected chi connectivity index (χ2v) is 7.98. The number of carbonyl (C=O) groups is 1. The van der Waals surface area contributed by atoms with E-state index in [0.29, 0.717) is 23.1 Å². The van der Waals surface area contributed by atoms with Crippen molar-refractivity contribution in [3.8, 4) is 0 Å². The molecule has 0 bridgehead atoms. The number of rotatable bonds is 5. The predicted molar refractivity (Wildman–Crippen MR) is 110 cm³/mol. The molecular formula is C24H31FO2. The Labute approximate surface area is 162 Å². The number of allylic oxidation sites excluding steroid dienone is 5. The van der Waals surface area contributed by atoms with Gasteiger partial charge in [0.05, 0.1) is 12.7 Å². The lowest BCUT2D eigenvalue weighted by atomic mass is 9.72. The van der Waals surface area contributed by atoms with Gasteiger partial charge in [-0.2, -0.15) is 0 Å². The number of halogens is 1. The maximum atomic E-state index is 15.1. The van der Waals surface area contributed by atoms with Crippen molar-refractivity contribution in [2.24, 2.45) is 5.41 Å². The molecule has 1 aliphatic carbocycles. The van der Waals surface area contributed by atoms with Crippen molar-refractivity contribution in [1.29, 1.82) is 0 Å². The van der Waals surface area contributed by atoms with Crippen molar-refractivity contribution in [1.82, 2.24) is 0 Å². The van der Waals surface area contributed by atoms with Crippen LogP contribution in [0.2, 0.25) is 0 Å². The molecule has 0 heterocycles. The fraction of sp³-hybridized carbons (Fsp3) is 0.458. The third-order valence-corrected chi connectivity index (χ3v) is 5.53. The number of esters is 1. The smallest absolute Gasteiger partial charge is 0.337 e. The third-order valence-electron chi connectivity index (χ3n) is 5.53. The molecule has 0 aliphatic heterocycles. The largest absolute Gasteiger partial charge is 0.465 e. The first-order chi connectivity index (χ1) is 12.7. The molecule has 1 aromatic carbocycles. The summed E-state index contributed by atoms with van der Waals surface area (Å²) >= 11 is 0. The highest BCUT2D eigenvalue weighted by Crippen LogP contribution is 2.41. The van der Waals surface area contributed by atoms with E-state index in [1.807, 2.05) is 13.0 Å². The number of hydrogen-bond acceptors (Lipinski definition) is 2. The van der Waals surface area contributed by atoms with Gasteiger partial charge in [0.25, 0.3) is 0 Å². The van der Waals surface area contributed by atoms with Gasteiger partial charge in [-0.05, 0) is 73.8 Å². The van der Waals surface area contributed by atoms with E-state index in [4.69, 9.17) is 4.74 Å². The van der Waals surface area contributed by atoms with Crippen molar-refractivity contribution < 1.29 is 13.9 Å². The molecule has 1 aromatic rings. The SMILES string of the molecule is CCc1cc(C(=O)OC)ccc1/C(F)=C(C)/C=C/C1=C(C)CCCC1(C)C. The summed E-state index contributed by atoms with van der Waals surface area (Å²) in [6, 6.07) is 5.01. The van der Waals surface area contributed by atoms with Crippen LogP contribution in [0, 0.1) is 5.41 Å². The number of methoxy groups -OCH3 is 1. The second kappa shape index (κ2) is 8.69. The molecule has 2 nitrogen and oxygen atoms in total. The van der Waals surface area contributed by atoms with Gasteiger partial charge in [-0.1, -0.05) is 44.6 Å². The molecular weight excluding hydrogens is 339 g/mol. The summed E-state index contributed by atoms with van der Waals surface area (Å²) in [5.41, 5.74) is 5.23. The number of carbonyl (C=O) groups excluding carboxylic acids is 1. The quantitative estimate of drug-likeness (QED) is 0.420. The van der Waals surface area contributed by atoms with E-state index in [0.717, 1.165) is 18.4 Å². The van der Waals surface area contributed by atoms with Crippen LogP contribution in [0.1, 0.15) is 75.4 Å². The van der Waals surface area contributed by atoms with Crippen LogP contribution in [-0.2, 0) is 11.2 Å². The molecule has 2 rings (SSSR count). The van der Waals surface area contributed by atoms with E-state index in [9.17, 15) is 4.79 Å². The van der Waals surface area contributed by atoms with Gasteiger partial charge in [-0.3, -0.25) is 0 Å². The molecule has 146 valence electrons. The molecule has 0 aromatic heterocycles. The van der Waals surface area contributed by atoms with E-state index in [-0.39, 0.29) is 11.2 Å². The summed E-state index contributed by atoms with van der Waals surface area (Å²) in [6.45, 7) is 10.4. The van der Waals surface area contributed by atoms with Crippen molar-refractivity contribution in [3.63, 3.8) is 0 Å². The van der Waals surface area contributed by atoms with Gasteiger partial charge in [0.15, 0.2) is 0 Å². The van der Waals surface area contributed by atoms with E-state index >= 15 is 4.39 Å². The zero-order valence-electron chi connectivity index (χ0n) is 17.4. The third kappa shape index (κ3) is 4.77. The van der Waals surface area contributed by atoms with Gasteiger partial charge in [0.2, 0.25) is 0 Å². The lowest BCUT2D eigenvalue weighted by Gasteiger charge is -2.33. The maximum absolute atomic E-state index is 15.1. The molecule has 27 heavy (non-hydrogen) atoms. The average Bonchev–Trinajstić information content (AvgIpc) is 2.65. The Bertz CT molecular complexity index is 810. The topological polar surface area (TPSA) is 26.3 Å². The first-order valence-electron chi connectivity index (χ1n) is 9.67. The molecule has 0 saturated carbocycles. The molecule has 0 amide bonds. The highest BCUT2D eigenvalue weighted by atomic mass is 19.1. The van der Waals surface area contributed by atoms with E-state index < -0.39 is 5.97 Å². The molecule has 0 atom stereocenters. The fourth-order valence-electron chi connectivity index (χ4n) is 3.85. The summed E-state index contributed by atoms with van der Waals surface area (Å²) in [5.74, 6) is -0.648. The average molecular weight is 371 g/mol. The summed E-state index contributed by atoms with van der Waals surface area (Å²) in [6.07, 6.45) is 8.09. The van der Waals surface area contributed by atoms with Crippen LogP contribution in [0.5, 0.6) is 0 Å². The minimum absolute atomic E-state index is 0.131. The zero-order chi connectivity index (χ0) is 20.2. The van der Waals surface area contributed by atoms with E-state index in [1.54, 1.807) is 25.1 Å². The second-order valence-electron chi connectivity index (χ2n) is 7.98. The Hall–Kier alpha value is -2.16. The monoisotopic (exact) mass is 370 g/mol. The van der Waals surface area contributed by atoms with Gasteiger partial charge in [0, 0.05) is 5.56 Å². The minimum atomic E-state index is -0.404. The maximum Gasteiger partial charge on any atom is 0.337 e. The Balaban J connectivity index is 2.38. The van der Waals surface area contributed by atoms with Crippen LogP contribution in [0.3, 0.4) is 0 Å². The summed E-state index contributed by atoms with van der Waals surface area (Å²) in [7, 11) is 1.35. The number of hydrogen-bond donors (Lipinski definition) is 0. The first-order valence-corrected chi connectivity index (χ1v) is 9.67. The Morgan fingerprint density at radius 2 is 2.04 bits per heavy atom. The van der Waals surface area contributed by atoms with Gasteiger partial charge >= 0.3 is 5.97 Å². The van der Waals surface area contributed by atoms with Crippen LogP contribution in [0.4, 0.5) is 4.39 Å². The minimum Gasteiger partial charge on any atom is -0.465 e. The van der Waals surface area contributed by atoms with Crippen molar-refractivity contribution >= 4 is 11.8 Å². The van der Waals surface area contributed by atoms with Crippen LogP contribution in [0.25, 0.3) is 5.83 Å².